The quantitative estimate of drug-likeness (QED) is 0.645. The molecule has 0 radical (unpaired) electrons. The molecule has 0 aliphatic carbocycles. The minimum atomic E-state index is -0.320. The highest BCUT2D eigenvalue weighted by Crippen LogP contribution is 2.32. The van der Waals surface area contributed by atoms with E-state index in [9.17, 15) is 14.3 Å². The number of aromatic hydroxyl groups is 1. The van der Waals surface area contributed by atoms with E-state index < -0.39 is 0 Å². The molecule has 2 heterocycles. The molecule has 4 rings (SSSR count). The smallest absolute Gasteiger partial charge is 0.282 e. The summed E-state index contributed by atoms with van der Waals surface area (Å²) in [7, 11) is 1.46. The second-order valence-electron chi connectivity index (χ2n) is 6.31. The fraction of sp³-hybridized carbons (Fsp3) is 0.0952. The number of hydrazone groups is 1. The number of phenols is 1. The Morgan fingerprint density at radius 1 is 1.21 bits per heavy atom. The number of nitrogens with zero attached hydrogens (tertiary/aromatic N) is 3. The molecule has 0 spiro atoms. The molecule has 6 nitrogen and oxygen atoms in total. The average Bonchev–Trinajstić information content (AvgIpc) is 3.30. The van der Waals surface area contributed by atoms with Crippen molar-refractivity contribution in [2.75, 3.05) is 12.1 Å². The van der Waals surface area contributed by atoms with Gasteiger partial charge in [0.2, 0.25) is 5.13 Å². The molecule has 0 saturated heterocycles. The number of hydrogen-bond acceptors (Lipinski definition) is 6. The van der Waals surface area contributed by atoms with Crippen molar-refractivity contribution in [2.24, 2.45) is 5.10 Å². The molecule has 2 aromatic carbocycles. The lowest BCUT2D eigenvalue weighted by atomic mass is 10.1. The minimum absolute atomic E-state index is 0.0236. The summed E-state index contributed by atoms with van der Waals surface area (Å²) in [5, 5.41) is 17.6. The molecule has 8 heteroatoms. The number of methoxy groups -OCH3 is 1. The van der Waals surface area contributed by atoms with Gasteiger partial charge in [0.05, 0.1) is 24.1 Å². The first-order valence-corrected chi connectivity index (χ1v) is 9.54. The summed E-state index contributed by atoms with van der Waals surface area (Å²) in [6, 6.07) is 10.8. The lowest BCUT2D eigenvalue weighted by Gasteiger charge is -2.07. The van der Waals surface area contributed by atoms with Crippen molar-refractivity contribution in [3.63, 3.8) is 0 Å². The second kappa shape index (κ2) is 7.48. The lowest BCUT2D eigenvalue weighted by Crippen LogP contribution is -2.21. The van der Waals surface area contributed by atoms with Crippen molar-refractivity contribution in [1.29, 1.82) is 0 Å². The number of carbonyl (C=O) groups is 1. The van der Waals surface area contributed by atoms with E-state index in [4.69, 9.17) is 4.74 Å². The van der Waals surface area contributed by atoms with Gasteiger partial charge in [-0.2, -0.15) is 10.1 Å². The fourth-order valence-corrected chi connectivity index (χ4v) is 3.66. The van der Waals surface area contributed by atoms with Gasteiger partial charge in [-0.25, -0.2) is 9.37 Å². The van der Waals surface area contributed by atoms with Crippen LogP contribution >= 0.6 is 11.3 Å². The van der Waals surface area contributed by atoms with Gasteiger partial charge in [-0.15, -0.1) is 11.3 Å². The van der Waals surface area contributed by atoms with E-state index in [1.165, 1.54) is 41.7 Å². The Morgan fingerprint density at radius 2 is 1.97 bits per heavy atom. The van der Waals surface area contributed by atoms with Crippen LogP contribution in [0.25, 0.3) is 17.3 Å². The summed E-state index contributed by atoms with van der Waals surface area (Å²) in [4.78, 5) is 17.4. The summed E-state index contributed by atoms with van der Waals surface area (Å²) in [5.74, 6) is -0.273. The van der Waals surface area contributed by atoms with Gasteiger partial charge in [-0.3, -0.25) is 4.79 Å². The number of hydrogen-bond donors (Lipinski definition) is 1. The van der Waals surface area contributed by atoms with E-state index in [-0.39, 0.29) is 17.5 Å². The van der Waals surface area contributed by atoms with Crippen LogP contribution in [0.1, 0.15) is 12.5 Å². The third kappa shape index (κ3) is 3.62. The Kier molecular flexibility index (Phi) is 4.85. The average molecular weight is 409 g/mol. The van der Waals surface area contributed by atoms with Crippen LogP contribution in [0.5, 0.6) is 11.5 Å². The van der Waals surface area contributed by atoms with Crippen LogP contribution in [0.3, 0.4) is 0 Å². The van der Waals surface area contributed by atoms with Crippen LogP contribution in [0, 0.1) is 5.82 Å². The molecule has 1 N–H and O–H groups in total. The molecular formula is C21H16FN3O3S. The summed E-state index contributed by atoms with van der Waals surface area (Å²) in [5.41, 5.74) is 3.09. The van der Waals surface area contributed by atoms with Gasteiger partial charge in [0, 0.05) is 10.9 Å². The first-order valence-electron chi connectivity index (χ1n) is 8.66. The molecule has 0 atom stereocenters. The molecule has 0 fully saturated rings. The van der Waals surface area contributed by atoms with Crippen LogP contribution < -0.4 is 9.75 Å². The van der Waals surface area contributed by atoms with Crippen molar-refractivity contribution in [3.8, 4) is 22.8 Å². The highest BCUT2D eigenvalue weighted by Gasteiger charge is 2.30. The number of amides is 1. The third-order valence-corrected chi connectivity index (χ3v) is 5.21. The maximum Gasteiger partial charge on any atom is 0.282 e. The normalized spacial score (nSPS) is 15.1. The summed E-state index contributed by atoms with van der Waals surface area (Å²) >= 11 is 1.28. The number of halogens is 1. The first kappa shape index (κ1) is 18.8. The number of benzene rings is 2. The lowest BCUT2D eigenvalue weighted by molar-refractivity contribution is -0.114. The number of ether oxygens (including phenoxy) is 1. The van der Waals surface area contributed by atoms with E-state index in [1.54, 1.807) is 42.6 Å². The SMILES string of the molecule is COc1cc(/C=C2/C(=O)N(c3nc(-c4ccc(F)cc4)cs3)N=C2C)ccc1O. The van der Waals surface area contributed by atoms with E-state index in [1.807, 2.05) is 0 Å². The van der Waals surface area contributed by atoms with Crippen molar-refractivity contribution in [1.82, 2.24) is 4.98 Å². The molecular weight excluding hydrogens is 393 g/mol. The van der Waals surface area contributed by atoms with Gasteiger partial charge in [0.25, 0.3) is 5.91 Å². The van der Waals surface area contributed by atoms with Crippen LogP contribution in [-0.4, -0.2) is 28.8 Å². The van der Waals surface area contributed by atoms with E-state index in [0.29, 0.717) is 33.4 Å². The first-order chi connectivity index (χ1) is 14.0. The molecule has 1 aliphatic heterocycles. The number of phenolic OH excluding ortho intramolecular Hbond substituents is 1. The zero-order valence-corrected chi connectivity index (χ0v) is 16.4. The molecule has 0 bridgehead atoms. The number of anilines is 1. The standard InChI is InChI=1S/C21H16FN3O3S/c1-12-16(9-13-3-8-18(26)19(10-13)28-2)20(27)25(24-12)21-23-17(11-29-21)14-4-6-15(22)7-5-14/h3-11,26H,1-2H3/b16-9+. The highest BCUT2D eigenvalue weighted by atomic mass is 32.1. The Hall–Kier alpha value is -3.52. The van der Waals surface area contributed by atoms with Crippen LogP contribution in [0.2, 0.25) is 0 Å². The predicted octanol–water partition coefficient (Wildman–Crippen LogP) is 4.47. The van der Waals surface area contributed by atoms with Crippen molar-refractivity contribution in [2.45, 2.75) is 6.92 Å². The van der Waals surface area contributed by atoms with Crippen molar-refractivity contribution >= 4 is 34.2 Å². The molecule has 1 amide bonds. The number of carbonyl (C=O) groups excluding carboxylic acids is 1. The zero-order valence-electron chi connectivity index (χ0n) is 15.6. The summed E-state index contributed by atoms with van der Waals surface area (Å²) in [6.07, 6.45) is 1.69. The summed E-state index contributed by atoms with van der Waals surface area (Å²) in [6.45, 7) is 1.75. The molecule has 1 aromatic heterocycles. The number of rotatable bonds is 4. The Balaban J connectivity index is 1.62. The summed E-state index contributed by atoms with van der Waals surface area (Å²) < 4.78 is 18.2. The molecule has 0 saturated carbocycles. The molecule has 146 valence electrons. The Morgan fingerprint density at radius 3 is 2.69 bits per heavy atom. The van der Waals surface area contributed by atoms with Crippen LogP contribution in [0.4, 0.5) is 9.52 Å². The minimum Gasteiger partial charge on any atom is -0.504 e. The Bertz CT molecular complexity index is 1150. The van der Waals surface area contributed by atoms with Gasteiger partial charge < -0.3 is 9.84 Å². The van der Waals surface area contributed by atoms with Gasteiger partial charge >= 0.3 is 0 Å². The molecule has 3 aromatic rings. The predicted molar refractivity (Wildman–Crippen MR) is 111 cm³/mol. The monoisotopic (exact) mass is 409 g/mol. The van der Waals surface area contributed by atoms with E-state index in [0.717, 1.165) is 5.56 Å². The highest BCUT2D eigenvalue weighted by molar-refractivity contribution is 7.14. The van der Waals surface area contributed by atoms with Crippen LogP contribution in [-0.2, 0) is 4.79 Å². The second-order valence-corrected chi connectivity index (χ2v) is 7.15. The molecule has 29 heavy (non-hydrogen) atoms. The number of thiazole rings is 1. The van der Waals surface area contributed by atoms with Crippen molar-refractivity contribution < 1.29 is 19.0 Å². The van der Waals surface area contributed by atoms with Crippen LogP contribution in [0.15, 0.2) is 58.5 Å². The van der Waals surface area contributed by atoms with E-state index in [2.05, 4.69) is 10.1 Å². The number of aromatic nitrogens is 1. The zero-order chi connectivity index (χ0) is 20.5. The van der Waals surface area contributed by atoms with Crippen molar-refractivity contribution in [3.05, 3.63) is 64.8 Å². The van der Waals surface area contributed by atoms with E-state index >= 15 is 0 Å². The van der Waals surface area contributed by atoms with Gasteiger partial charge in [0.15, 0.2) is 11.5 Å². The third-order valence-electron chi connectivity index (χ3n) is 4.39. The van der Waals surface area contributed by atoms with Gasteiger partial charge in [-0.1, -0.05) is 6.07 Å². The van der Waals surface area contributed by atoms with Gasteiger partial charge in [-0.05, 0) is 55.0 Å². The molecule has 1 aliphatic rings. The van der Waals surface area contributed by atoms with Gasteiger partial charge in [0.1, 0.15) is 5.82 Å². The fourth-order valence-electron chi connectivity index (χ4n) is 2.88. The maximum absolute atomic E-state index is 13.1. The topological polar surface area (TPSA) is 75.0 Å². The maximum atomic E-state index is 13.1. The Labute approximate surface area is 170 Å². The largest absolute Gasteiger partial charge is 0.504 e. The molecule has 0 unspecified atom stereocenters.